The molecule has 0 aliphatic carbocycles. The van der Waals surface area contributed by atoms with Crippen molar-refractivity contribution < 1.29 is 9.94 Å². The van der Waals surface area contributed by atoms with E-state index in [2.05, 4.69) is 25.9 Å². The molecule has 0 bridgehead atoms. The van der Waals surface area contributed by atoms with Gasteiger partial charge in [-0.1, -0.05) is 37.5 Å². The minimum absolute atomic E-state index is 0.0127. The molecule has 3 N–H and O–H groups in total. The second-order valence-electron chi connectivity index (χ2n) is 5.29. The Morgan fingerprint density at radius 2 is 2.11 bits per heavy atom. The maximum atomic E-state index is 8.59. The summed E-state index contributed by atoms with van der Waals surface area (Å²) in [5.74, 6) is 0.667. The van der Waals surface area contributed by atoms with E-state index in [1.807, 2.05) is 0 Å². The third kappa shape index (κ3) is 4.45. The zero-order valence-corrected chi connectivity index (χ0v) is 11.7. The summed E-state index contributed by atoms with van der Waals surface area (Å²) in [5, 5.41) is 11.9. The number of benzene rings is 1. The van der Waals surface area contributed by atoms with Crippen LogP contribution in [0.5, 0.6) is 5.75 Å². The fraction of sp³-hybridized carbons (Fsp3) is 0.462. The predicted molar refractivity (Wildman–Crippen MR) is 73.5 cm³/mol. The van der Waals surface area contributed by atoms with Crippen LogP contribution in [0.4, 0.5) is 0 Å². The van der Waals surface area contributed by atoms with Gasteiger partial charge >= 0.3 is 0 Å². The molecular formula is C13H19ClN2O2. The van der Waals surface area contributed by atoms with Gasteiger partial charge in [-0.05, 0) is 30.0 Å². The summed E-state index contributed by atoms with van der Waals surface area (Å²) < 4.78 is 5.60. The van der Waals surface area contributed by atoms with Crippen molar-refractivity contribution in [3.8, 4) is 5.75 Å². The molecule has 0 radical (unpaired) electrons. The lowest BCUT2D eigenvalue weighted by Gasteiger charge is -2.18. The van der Waals surface area contributed by atoms with Crippen LogP contribution in [0.25, 0.3) is 0 Å². The second kappa shape index (κ2) is 5.96. The van der Waals surface area contributed by atoms with Crippen LogP contribution in [-0.2, 0) is 0 Å². The fourth-order valence-corrected chi connectivity index (χ4v) is 1.59. The van der Waals surface area contributed by atoms with E-state index in [4.69, 9.17) is 27.3 Å². The van der Waals surface area contributed by atoms with E-state index in [0.29, 0.717) is 22.9 Å². The van der Waals surface area contributed by atoms with Crippen molar-refractivity contribution in [3.05, 3.63) is 28.8 Å². The van der Waals surface area contributed by atoms with Gasteiger partial charge in [0.25, 0.3) is 0 Å². The molecule has 5 heteroatoms. The van der Waals surface area contributed by atoms with Gasteiger partial charge in [-0.3, -0.25) is 0 Å². The molecule has 0 heterocycles. The Morgan fingerprint density at radius 1 is 1.44 bits per heavy atom. The average Bonchev–Trinajstić information content (AvgIpc) is 2.26. The standard InChI is InChI=1S/C13H19ClN2O2/c1-13(2,3)6-7-18-9-4-5-10(11(14)8-9)12(15)16-17/h4-5,8,17H,6-7H2,1-3H3,(H2,15,16). The number of hydrogen-bond acceptors (Lipinski definition) is 3. The third-order valence-electron chi connectivity index (χ3n) is 2.45. The van der Waals surface area contributed by atoms with Gasteiger partial charge in [-0.25, -0.2) is 0 Å². The number of amidine groups is 1. The largest absolute Gasteiger partial charge is 0.494 e. The quantitative estimate of drug-likeness (QED) is 0.382. The Balaban J connectivity index is 2.68. The number of nitrogens with zero attached hydrogens (tertiary/aromatic N) is 1. The zero-order valence-electron chi connectivity index (χ0n) is 10.9. The minimum Gasteiger partial charge on any atom is -0.494 e. The van der Waals surface area contributed by atoms with E-state index in [0.717, 1.165) is 6.42 Å². The number of nitrogens with two attached hydrogens (primary N) is 1. The SMILES string of the molecule is CC(C)(C)CCOc1ccc(C(N)=NO)c(Cl)c1. The summed E-state index contributed by atoms with van der Waals surface area (Å²) in [4.78, 5) is 0. The Labute approximate surface area is 112 Å². The topological polar surface area (TPSA) is 67.8 Å². The van der Waals surface area contributed by atoms with E-state index in [-0.39, 0.29) is 11.3 Å². The highest BCUT2D eigenvalue weighted by Gasteiger charge is 2.11. The van der Waals surface area contributed by atoms with Crippen molar-refractivity contribution in [2.24, 2.45) is 16.3 Å². The maximum Gasteiger partial charge on any atom is 0.171 e. The first-order valence-corrected chi connectivity index (χ1v) is 6.11. The molecule has 0 fully saturated rings. The van der Waals surface area contributed by atoms with Crippen molar-refractivity contribution in [2.45, 2.75) is 27.2 Å². The Hall–Kier alpha value is -1.42. The molecule has 18 heavy (non-hydrogen) atoms. The van der Waals surface area contributed by atoms with Crippen molar-refractivity contribution in [2.75, 3.05) is 6.61 Å². The number of halogens is 1. The number of rotatable bonds is 4. The molecule has 1 aromatic carbocycles. The van der Waals surface area contributed by atoms with E-state index in [1.165, 1.54) is 0 Å². The summed E-state index contributed by atoms with van der Waals surface area (Å²) >= 11 is 6.02. The fourth-order valence-electron chi connectivity index (χ4n) is 1.32. The molecular weight excluding hydrogens is 252 g/mol. The van der Waals surface area contributed by atoms with E-state index >= 15 is 0 Å². The van der Waals surface area contributed by atoms with Crippen molar-refractivity contribution in [3.63, 3.8) is 0 Å². The summed E-state index contributed by atoms with van der Waals surface area (Å²) in [6.07, 6.45) is 0.951. The molecule has 0 aliphatic heterocycles. The maximum absolute atomic E-state index is 8.59. The molecule has 0 amide bonds. The van der Waals surface area contributed by atoms with E-state index in [9.17, 15) is 0 Å². The Morgan fingerprint density at radius 3 is 2.61 bits per heavy atom. The van der Waals surface area contributed by atoms with E-state index < -0.39 is 0 Å². The third-order valence-corrected chi connectivity index (χ3v) is 2.76. The van der Waals surface area contributed by atoms with Gasteiger partial charge in [0.2, 0.25) is 0 Å². The number of ether oxygens (including phenoxy) is 1. The highest BCUT2D eigenvalue weighted by atomic mass is 35.5. The van der Waals surface area contributed by atoms with Crippen LogP contribution in [-0.4, -0.2) is 17.6 Å². The van der Waals surface area contributed by atoms with Crippen LogP contribution in [0.2, 0.25) is 5.02 Å². The summed E-state index contributed by atoms with van der Waals surface area (Å²) in [5.41, 5.74) is 6.20. The molecule has 100 valence electrons. The normalized spacial score (nSPS) is 12.6. The average molecular weight is 271 g/mol. The van der Waals surface area contributed by atoms with Gasteiger partial charge in [-0.2, -0.15) is 0 Å². The van der Waals surface area contributed by atoms with Crippen molar-refractivity contribution in [1.82, 2.24) is 0 Å². The van der Waals surface area contributed by atoms with Gasteiger partial charge in [0.1, 0.15) is 5.75 Å². The zero-order chi connectivity index (χ0) is 13.8. The molecule has 0 atom stereocenters. The van der Waals surface area contributed by atoms with Gasteiger partial charge < -0.3 is 15.7 Å². The van der Waals surface area contributed by atoms with Crippen LogP contribution >= 0.6 is 11.6 Å². The predicted octanol–water partition coefficient (Wildman–Crippen LogP) is 3.25. The van der Waals surface area contributed by atoms with Crippen LogP contribution in [0.1, 0.15) is 32.8 Å². The second-order valence-corrected chi connectivity index (χ2v) is 5.69. The molecule has 0 saturated carbocycles. The number of oxime groups is 1. The molecule has 0 unspecified atom stereocenters. The van der Waals surface area contributed by atoms with Crippen LogP contribution in [0.15, 0.2) is 23.4 Å². The van der Waals surface area contributed by atoms with Crippen molar-refractivity contribution >= 4 is 17.4 Å². The van der Waals surface area contributed by atoms with Gasteiger partial charge in [0, 0.05) is 5.56 Å². The van der Waals surface area contributed by atoms with Gasteiger partial charge in [0.05, 0.1) is 11.6 Å². The lowest BCUT2D eigenvalue weighted by Crippen LogP contribution is -2.14. The molecule has 0 aromatic heterocycles. The summed E-state index contributed by atoms with van der Waals surface area (Å²) in [6.45, 7) is 7.10. The molecule has 0 saturated heterocycles. The molecule has 1 rings (SSSR count). The van der Waals surface area contributed by atoms with Crippen LogP contribution in [0, 0.1) is 5.41 Å². The molecule has 0 spiro atoms. The van der Waals surface area contributed by atoms with Crippen LogP contribution in [0.3, 0.4) is 0 Å². The molecule has 1 aromatic rings. The lowest BCUT2D eigenvalue weighted by atomic mass is 9.93. The smallest absolute Gasteiger partial charge is 0.171 e. The van der Waals surface area contributed by atoms with Gasteiger partial charge in [-0.15, -0.1) is 0 Å². The summed E-state index contributed by atoms with van der Waals surface area (Å²) in [6, 6.07) is 5.09. The Bertz CT molecular complexity index is 439. The minimum atomic E-state index is -0.0127. The Kier molecular flexibility index (Phi) is 4.84. The first kappa shape index (κ1) is 14.6. The lowest BCUT2D eigenvalue weighted by molar-refractivity contribution is 0.243. The highest BCUT2D eigenvalue weighted by molar-refractivity contribution is 6.34. The molecule has 4 nitrogen and oxygen atoms in total. The van der Waals surface area contributed by atoms with Gasteiger partial charge in [0.15, 0.2) is 5.84 Å². The first-order chi connectivity index (χ1) is 8.33. The van der Waals surface area contributed by atoms with Crippen LogP contribution < -0.4 is 10.5 Å². The number of hydrogen-bond donors (Lipinski definition) is 2. The van der Waals surface area contributed by atoms with Crippen molar-refractivity contribution in [1.29, 1.82) is 0 Å². The summed E-state index contributed by atoms with van der Waals surface area (Å²) in [7, 11) is 0. The highest BCUT2D eigenvalue weighted by Crippen LogP contribution is 2.24. The monoisotopic (exact) mass is 270 g/mol. The first-order valence-electron chi connectivity index (χ1n) is 5.74. The van der Waals surface area contributed by atoms with E-state index in [1.54, 1.807) is 18.2 Å². The molecule has 0 aliphatic rings.